The summed E-state index contributed by atoms with van der Waals surface area (Å²) in [5.41, 5.74) is 7.09. The fourth-order valence-electron chi connectivity index (χ4n) is 1.93. The number of ether oxygens (including phenoxy) is 1. The van der Waals surface area contributed by atoms with Crippen molar-refractivity contribution >= 4 is 11.2 Å². The molecule has 0 radical (unpaired) electrons. The van der Waals surface area contributed by atoms with Gasteiger partial charge < -0.3 is 14.9 Å². The highest BCUT2D eigenvalue weighted by Gasteiger charge is 2.35. The summed E-state index contributed by atoms with van der Waals surface area (Å²) in [6, 6.07) is 3.67. The van der Waals surface area contributed by atoms with E-state index < -0.39 is 5.54 Å². The van der Waals surface area contributed by atoms with Crippen molar-refractivity contribution in [2.45, 2.75) is 18.4 Å². The highest BCUT2D eigenvalue weighted by molar-refractivity contribution is 5.67. The number of nitrogens with two attached hydrogens (primary N) is 1. The summed E-state index contributed by atoms with van der Waals surface area (Å²) in [4.78, 5) is 8.49. The van der Waals surface area contributed by atoms with Crippen molar-refractivity contribution in [1.29, 1.82) is 0 Å². The fourth-order valence-corrected chi connectivity index (χ4v) is 1.93. The molecule has 1 aliphatic heterocycles. The monoisotopic (exact) mass is 219 g/mol. The Labute approximate surface area is 92.6 Å². The van der Waals surface area contributed by atoms with E-state index in [0.29, 0.717) is 30.3 Å². The third-order valence-corrected chi connectivity index (χ3v) is 2.98. The van der Waals surface area contributed by atoms with Crippen molar-refractivity contribution in [2.24, 2.45) is 5.73 Å². The number of hydrogen-bond donors (Lipinski definition) is 1. The summed E-state index contributed by atoms with van der Waals surface area (Å²) in [5.74, 6) is 0.574. The minimum Gasteiger partial charge on any atom is -0.437 e. The van der Waals surface area contributed by atoms with Crippen LogP contribution >= 0.6 is 0 Å². The molecule has 0 aromatic carbocycles. The molecule has 0 amide bonds. The van der Waals surface area contributed by atoms with Crippen LogP contribution in [0.15, 0.2) is 22.7 Å². The molecule has 0 spiro atoms. The molecule has 0 atom stereocenters. The van der Waals surface area contributed by atoms with E-state index in [1.54, 1.807) is 6.20 Å². The van der Waals surface area contributed by atoms with Gasteiger partial charge in [0.15, 0.2) is 11.2 Å². The van der Waals surface area contributed by atoms with E-state index in [2.05, 4.69) is 9.97 Å². The Morgan fingerprint density at radius 2 is 2.12 bits per heavy atom. The van der Waals surface area contributed by atoms with Crippen LogP contribution in [0.2, 0.25) is 0 Å². The van der Waals surface area contributed by atoms with Crippen molar-refractivity contribution in [3.05, 3.63) is 24.2 Å². The number of fused-ring (bicyclic) bond motifs is 1. The summed E-state index contributed by atoms with van der Waals surface area (Å²) in [5, 5.41) is 0. The molecule has 0 saturated carbocycles. The van der Waals surface area contributed by atoms with Crippen LogP contribution in [-0.4, -0.2) is 23.2 Å². The van der Waals surface area contributed by atoms with Gasteiger partial charge in [-0.3, -0.25) is 0 Å². The van der Waals surface area contributed by atoms with Crippen molar-refractivity contribution in [3.63, 3.8) is 0 Å². The molecule has 2 aromatic rings. The molecule has 1 aliphatic rings. The molecule has 3 rings (SSSR count). The molecule has 2 N–H and O–H groups in total. The summed E-state index contributed by atoms with van der Waals surface area (Å²) in [6.07, 6.45) is 3.17. The van der Waals surface area contributed by atoms with Crippen molar-refractivity contribution < 1.29 is 9.15 Å². The molecule has 1 fully saturated rings. The summed E-state index contributed by atoms with van der Waals surface area (Å²) < 4.78 is 11.0. The van der Waals surface area contributed by atoms with Gasteiger partial charge in [-0.15, -0.1) is 0 Å². The molecule has 5 nitrogen and oxygen atoms in total. The van der Waals surface area contributed by atoms with E-state index in [1.165, 1.54) is 0 Å². The molecular formula is C11H13N3O2. The van der Waals surface area contributed by atoms with Crippen LogP contribution < -0.4 is 5.73 Å². The van der Waals surface area contributed by atoms with Gasteiger partial charge in [0.25, 0.3) is 0 Å². The first kappa shape index (κ1) is 9.74. The maximum absolute atomic E-state index is 6.28. The van der Waals surface area contributed by atoms with Crippen LogP contribution in [0.4, 0.5) is 0 Å². The van der Waals surface area contributed by atoms with E-state index in [-0.39, 0.29) is 0 Å². The van der Waals surface area contributed by atoms with Gasteiger partial charge in [0.2, 0.25) is 5.89 Å². The normalized spacial score (nSPS) is 20.1. The minimum absolute atomic E-state index is 0.501. The number of hydrogen-bond acceptors (Lipinski definition) is 5. The lowest BCUT2D eigenvalue weighted by Crippen LogP contribution is -2.42. The number of pyridine rings is 1. The van der Waals surface area contributed by atoms with Gasteiger partial charge in [0, 0.05) is 19.4 Å². The van der Waals surface area contributed by atoms with Crippen molar-refractivity contribution in [2.75, 3.05) is 13.2 Å². The van der Waals surface area contributed by atoms with Gasteiger partial charge in [-0.25, -0.2) is 4.98 Å². The van der Waals surface area contributed by atoms with Crippen LogP contribution in [0.3, 0.4) is 0 Å². The van der Waals surface area contributed by atoms with Gasteiger partial charge in [0.1, 0.15) is 0 Å². The van der Waals surface area contributed by atoms with Crippen molar-refractivity contribution in [1.82, 2.24) is 9.97 Å². The first-order valence-electron chi connectivity index (χ1n) is 5.37. The maximum atomic E-state index is 6.28. The highest BCUT2D eigenvalue weighted by Crippen LogP contribution is 2.30. The predicted molar refractivity (Wildman–Crippen MR) is 57.7 cm³/mol. The first-order chi connectivity index (χ1) is 7.78. The number of oxazole rings is 1. The summed E-state index contributed by atoms with van der Waals surface area (Å²) >= 11 is 0. The third-order valence-electron chi connectivity index (χ3n) is 2.98. The zero-order valence-corrected chi connectivity index (χ0v) is 8.85. The zero-order chi connectivity index (χ0) is 11.0. The van der Waals surface area contributed by atoms with Gasteiger partial charge in [-0.1, -0.05) is 0 Å². The summed E-state index contributed by atoms with van der Waals surface area (Å²) in [6.45, 7) is 1.31. The standard InChI is InChI=1S/C11H13N3O2/c12-11(3-6-15-7-4-11)10-14-9-8(16-10)2-1-5-13-9/h1-2,5H,3-4,6-7,12H2. The third kappa shape index (κ3) is 1.48. The van der Waals surface area contributed by atoms with E-state index in [1.807, 2.05) is 12.1 Å². The van der Waals surface area contributed by atoms with E-state index in [9.17, 15) is 0 Å². The van der Waals surface area contributed by atoms with E-state index >= 15 is 0 Å². The second-order valence-corrected chi connectivity index (χ2v) is 4.11. The van der Waals surface area contributed by atoms with Crippen LogP contribution in [0.1, 0.15) is 18.7 Å². The highest BCUT2D eigenvalue weighted by atomic mass is 16.5. The van der Waals surface area contributed by atoms with Crippen LogP contribution in [0, 0.1) is 0 Å². The molecule has 5 heteroatoms. The quantitative estimate of drug-likeness (QED) is 0.779. The maximum Gasteiger partial charge on any atom is 0.217 e. The Morgan fingerprint density at radius 3 is 2.88 bits per heavy atom. The second kappa shape index (κ2) is 3.54. The molecule has 84 valence electrons. The lowest BCUT2D eigenvalue weighted by atomic mass is 9.91. The molecule has 16 heavy (non-hydrogen) atoms. The Hall–Kier alpha value is -1.46. The number of aromatic nitrogens is 2. The molecular weight excluding hydrogens is 206 g/mol. The topological polar surface area (TPSA) is 74.2 Å². The van der Waals surface area contributed by atoms with E-state index in [0.717, 1.165) is 12.8 Å². The number of rotatable bonds is 1. The summed E-state index contributed by atoms with van der Waals surface area (Å²) in [7, 11) is 0. The smallest absolute Gasteiger partial charge is 0.217 e. The lowest BCUT2D eigenvalue weighted by Gasteiger charge is -2.29. The van der Waals surface area contributed by atoms with Gasteiger partial charge in [-0.2, -0.15) is 4.98 Å². The van der Waals surface area contributed by atoms with Crippen LogP contribution in [0.25, 0.3) is 11.2 Å². The van der Waals surface area contributed by atoms with Gasteiger partial charge >= 0.3 is 0 Å². The van der Waals surface area contributed by atoms with Crippen LogP contribution in [-0.2, 0) is 10.3 Å². The van der Waals surface area contributed by atoms with Gasteiger partial charge in [-0.05, 0) is 25.0 Å². The van der Waals surface area contributed by atoms with Crippen LogP contribution in [0.5, 0.6) is 0 Å². The molecule has 1 saturated heterocycles. The fraction of sp³-hybridized carbons (Fsp3) is 0.455. The molecule has 3 heterocycles. The molecule has 2 aromatic heterocycles. The van der Waals surface area contributed by atoms with E-state index in [4.69, 9.17) is 14.9 Å². The SMILES string of the molecule is NC1(c2nc3ncccc3o2)CCOCC1. The molecule has 0 unspecified atom stereocenters. The predicted octanol–water partition coefficient (Wildman–Crippen LogP) is 1.19. The number of nitrogens with zero attached hydrogens (tertiary/aromatic N) is 2. The average molecular weight is 219 g/mol. The Balaban J connectivity index is 2.04. The van der Waals surface area contributed by atoms with Gasteiger partial charge in [0.05, 0.1) is 5.54 Å². The second-order valence-electron chi connectivity index (χ2n) is 4.11. The Kier molecular flexibility index (Phi) is 2.15. The first-order valence-corrected chi connectivity index (χ1v) is 5.37. The van der Waals surface area contributed by atoms with Crippen molar-refractivity contribution in [3.8, 4) is 0 Å². The largest absolute Gasteiger partial charge is 0.437 e. The average Bonchev–Trinajstić information content (AvgIpc) is 2.74. The molecule has 0 bridgehead atoms. The Bertz CT molecular complexity index is 470. The molecule has 0 aliphatic carbocycles. The lowest BCUT2D eigenvalue weighted by molar-refractivity contribution is 0.0429. The Morgan fingerprint density at radius 1 is 1.31 bits per heavy atom. The minimum atomic E-state index is -0.501. The zero-order valence-electron chi connectivity index (χ0n) is 8.85.